The van der Waals surface area contributed by atoms with Crippen LogP contribution in [0.25, 0.3) is 10.2 Å². The van der Waals surface area contributed by atoms with Crippen LogP contribution in [0.2, 0.25) is 0 Å². The van der Waals surface area contributed by atoms with Crippen molar-refractivity contribution in [3.8, 4) is 0 Å². The van der Waals surface area contributed by atoms with E-state index >= 15 is 0 Å². The molecule has 5 nitrogen and oxygen atoms in total. The largest absolute Gasteiger partial charge is 0.348 e. The Hall–Kier alpha value is -1.95. The molecule has 0 saturated heterocycles. The summed E-state index contributed by atoms with van der Waals surface area (Å²) in [5.74, 6) is -0.185. The van der Waals surface area contributed by atoms with E-state index in [1.165, 1.54) is 11.3 Å². The minimum atomic E-state index is -0.185. The number of carbonyl (C=O) groups excluding carboxylic acids is 1. The van der Waals surface area contributed by atoms with E-state index in [1.807, 2.05) is 0 Å². The first-order valence-electron chi connectivity index (χ1n) is 6.97. The molecule has 0 atom stereocenters. The molecule has 1 N–H and O–H groups in total. The van der Waals surface area contributed by atoms with Crippen LogP contribution < -0.4 is 10.9 Å². The third-order valence-electron chi connectivity index (χ3n) is 3.28. The fourth-order valence-electron chi connectivity index (χ4n) is 2.11. The average Bonchev–Trinajstić information content (AvgIpc) is 2.82. The number of rotatable bonds is 6. The number of unbranched alkanes of at least 4 members (excludes halogenated alkanes) is 1. The van der Waals surface area contributed by atoms with Crippen molar-refractivity contribution >= 4 is 27.5 Å². The number of fused-ring (bicyclic) bond motifs is 1. The third-order valence-corrected chi connectivity index (χ3v) is 4.48. The van der Waals surface area contributed by atoms with E-state index in [4.69, 9.17) is 0 Å². The third kappa shape index (κ3) is 3.05. The highest BCUT2D eigenvalue weighted by Crippen LogP contribution is 2.26. The topological polar surface area (TPSA) is 64.0 Å². The Labute approximate surface area is 127 Å². The summed E-state index contributed by atoms with van der Waals surface area (Å²) in [5, 5.41) is 3.29. The summed E-state index contributed by atoms with van der Waals surface area (Å²) >= 11 is 1.26. The van der Waals surface area contributed by atoms with Crippen LogP contribution in [0.5, 0.6) is 0 Å². The van der Waals surface area contributed by atoms with Crippen molar-refractivity contribution in [2.45, 2.75) is 33.2 Å². The molecule has 1 amide bonds. The van der Waals surface area contributed by atoms with Crippen LogP contribution in [0.1, 0.15) is 35.0 Å². The number of carbonyl (C=O) groups is 1. The predicted molar refractivity (Wildman–Crippen MR) is 86.1 cm³/mol. The van der Waals surface area contributed by atoms with Crippen molar-refractivity contribution in [2.24, 2.45) is 0 Å². The first-order valence-corrected chi connectivity index (χ1v) is 7.79. The molecule has 6 heteroatoms. The van der Waals surface area contributed by atoms with Crippen molar-refractivity contribution in [1.82, 2.24) is 14.9 Å². The molecule has 0 fully saturated rings. The standard InChI is InChI=1S/C15H19N3O2S/c1-4-6-8-18-9-17-14-11(15(18)20)10(3)12(21-14)13(19)16-7-5-2/h5,9H,2,4,6-8H2,1,3H3,(H,16,19). The van der Waals surface area contributed by atoms with Crippen molar-refractivity contribution in [3.63, 3.8) is 0 Å². The van der Waals surface area contributed by atoms with Crippen molar-refractivity contribution < 1.29 is 4.79 Å². The molecule has 112 valence electrons. The van der Waals surface area contributed by atoms with Gasteiger partial charge in [-0.2, -0.15) is 0 Å². The quantitative estimate of drug-likeness (QED) is 0.834. The smallest absolute Gasteiger partial charge is 0.262 e. The number of aryl methyl sites for hydroxylation is 2. The summed E-state index contributed by atoms with van der Waals surface area (Å²) in [6.45, 7) is 8.51. The van der Waals surface area contributed by atoms with Crippen LogP contribution >= 0.6 is 11.3 Å². The minimum Gasteiger partial charge on any atom is -0.348 e. The number of nitrogens with zero attached hydrogens (tertiary/aromatic N) is 2. The molecule has 0 saturated carbocycles. The maximum atomic E-state index is 12.5. The number of hydrogen-bond donors (Lipinski definition) is 1. The highest BCUT2D eigenvalue weighted by molar-refractivity contribution is 7.20. The maximum Gasteiger partial charge on any atom is 0.262 e. The van der Waals surface area contributed by atoms with E-state index in [-0.39, 0.29) is 11.5 Å². The van der Waals surface area contributed by atoms with Crippen LogP contribution in [0, 0.1) is 6.92 Å². The van der Waals surface area contributed by atoms with Gasteiger partial charge < -0.3 is 5.32 Å². The first-order chi connectivity index (χ1) is 10.1. The summed E-state index contributed by atoms with van der Waals surface area (Å²) < 4.78 is 1.62. The number of thiophene rings is 1. The molecule has 0 unspecified atom stereocenters. The number of aromatic nitrogens is 2. The zero-order valence-corrected chi connectivity index (χ0v) is 13.1. The van der Waals surface area contributed by atoms with Crippen LogP contribution in [-0.4, -0.2) is 22.0 Å². The van der Waals surface area contributed by atoms with Crippen molar-refractivity contribution in [1.29, 1.82) is 0 Å². The number of hydrogen-bond acceptors (Lipinski definition) is 4. The Balaban J connectivity index is 2.46. The van der Waals surface area contributed by atoms with Gasteiger partial charge in [0.2, 0.25) is 0 Å². The Morgan fingerprint density at radius 2 is 2.33 bits per heavy atom. The van der Waals surface area contributed by atoms with Gasteiger partial charge in [-0.1, -0.05) is 19.4 Å². The fourth-order valence-corrected chi connectivity index (χ4v) is 3.16. The van der Waals surface area contributed by atoms with Gasteiger partial charge in [0, 0.05) is 13.1 Å². The molecule has 0 aliphatic heterocycles. The molecule has 2 aromatic heterocycles. The zero-order valence-electron chi connectivity index (χ0n) is 12.3. The molecule has 0 bridgehead atoms. The second-order valence-electron chi connectivity index (χ2n) is 4.83. The normalized spacial score (nSPS) is 10.8. The molecule has 0 radical (unpaired) electrons. The SMILES string of the molecule is C=CCNC(=O)c1sc2ncn(CCCC)c(=O)c2c1C. The van der Waals surface area contributed by atoms with Gasteiger partial charge in [0.15, 0.2) is 0 Å². The van der Waals surface area contributed by atoms with E-state index in [9.17, 15) is 9.59 Å². The summed E-state index contributed by atoms with van der Waals surface area (Å²) in [6.07, 6.45) is 5.14. The van der Waals surface area contributed by atoms with E-state index < -0.39 is 0 Å². The number of amides is 1. The highest BCUT2D eigenvalue weighted by Gasteiger charge is 2.18. The predicted octanol–water partition coefficient (Wildman–Crippen LogP) is 2.48. The fraction of sp³-hybridized carbons (Fsp3) is 0.400. The summed E-state index contributed by atoms with van der Waals surface area (Å²) in [4.78, 5) is 30.0. The Kier molecular flexibility index (Phi) is 4.90. The van der Waals surface area contributed by atoms with Gasteiger partial charge in [-0.3, -0.25) is 14.2 Å². The van der Waals surface area contributed by atoms with Gasteiger partial charge in [-0.15, -0.1) is 17.9 Å². The molecule has 21 heavy (non-hydrogen) atoms. The average molecular weight is 305 g/mol. The van der Waals surface area contributed by atoms with Gasteiger partial charge >= 0.3 is 0 Å². The van der Waals surface area contributed by atoms with E-state index in [0.29, 0.717) is 33.7 Å². The van der Waals surface area contributed by atoms with Gasteiger partial charge in [0.1, 0.15) is 4.83 Å². The molecule has 0 aromatic carbocycles. The lowest BCUT2D eigenvalue weighted by atomic mass is 10.2. The summed E-state index contributed by atoms with van der Waals surface area (Å²) in [6, 6.07) is 0. The van der Waals surface area contributed by atoms with Crippen LogP contribution in [0.15, 0.2) is 23.8 Å². The molecule has 0 aliphatic rings. The molecular formula is C15H19N3O2S. The second-order valence-corrected chi connectivity index (χ2v) is 5.83. The van der Waals surface area contributed by atoms with Gasteiger partial charge in [-0.05, 0) is 18.9 Å². The maximum absolute atomic E-state index is 12.5. The number of nitrogens with one attached hydrogen (secondary N) is 1. The molecule has 0 aliphatic carbocycles. The van der Waals surface area contributed by atoms with Crippen molar-refractivity contribution in [2.75, 3.05) is 6.54 Å². The monoisotopic (exact) mass is 305 g/mol. The first kappa shape index (κ1) is 15.4. The highest BCUT2D eigenvalue weighted by atomic mass is 32.1. The molecule has 2 rings (SSSR count). The Bertz CT molecular complexity index is 730. The summed E-state index contributed by atoms with van der Waals surface area (Å²) in [5.41, 5.74) is 0.643. The molecular weight excluding hydrogens is 286 g/mol. The van der Waals surface area contributed by atoms with E-state index in [0.717, 1.165) is 12.8 Å². The second kappa shape index (κ2) is 6.67. The Morgan fingerprint density at radius 3 is 3.00 bits per heavy atom. The van der Waals surface area contributed by atoms with Gasteiger partial charge in [0.25, 0.3) is 11.5 Å². The van der Waals surface area contributed by atoms with Crippen molar-refractivity contribution in [3.05, 3.63) is 39.8 Å². The zero-order chi connectivity index (χ0) is 15.4. The molecule has 2 aromatic rings. The lowest BCUT2D eigenvalue weighted by Gasteiger charge is -2.03. The van der Waals surface area contributed by atoms with E-state index in [1.54, 1.807) is 23.9 Å². The lowest BCUT2D eigenvalue weighted by Crippen LogP contribution is -2.23. The molecule has 2 heterocycles. The van der Waals surface area contributed by atoms with Crippen LogP contribution in [0.3, 0.4) is 0 Å². The van der Waals surface area contributed by atoms with Gasteiger partial charge in [0.05, 0.1) is 16.6 Å². The van der Waals surface area contributed by atoms with Gasteiger partial charge in [-0.25, -0.2) is 4.98 Å². The Morgan fingerprint density at radius 1 is 1.57 bits per heavy atom. The van der Waals surface area contributed by atoms with E-state index in [2.05, 4.69) is 23.8 Å². The lowest BCUT2D eigenvalue weighted by molar-refractivity contribution is 0.0961. The van der Waals surface area contributed by atoms with Crippen LogP contribution in [-0.2, 0) is 6.54 Å². The molecule has 0 spiro atoms. The van der Waals surface area contributed by atoms with Crippen LogP contribution in [0.4, 0.5) is 0 Å². The minimum absolute atomic E-state index is 0.0648. The summed E-state index contributed by atoms with van der Waals surface area (Å²) in [7, 11) is 0.